The van der Waals surface area contributed by atoms with Gasteiger partial charge in [0.25, 0.3) is 5.91 Å². The Labute approximate surface area is 138 Å². The van der Waals surface area contributed by atoms with Crippen LogP contribution in [-0.2, 0) is 23.9 Å². The third-order valence-electron chi connectivity index (χ3n) is 3.35. The van der Waals surface area contributed by atoms with E-state index in [1.807, 2.05) is 0 Å². The number of hydrogen-bond donors (Lipinski definition) is 1. The first-order chi connectivity index (χ1) is 11.5. The zero-order chi connectivity index (χ0) is 17.7. The molecule has 2 rings (SSSR count). The molecule has 24 heavy (non-hydrogen) atoms. The summed E-state index contributed by atoms with van der Waals surface area (Å²) < 4.78 is 14.4. The minimum Gasteiger partial charge on any atom is -0.482 e. The number of hydrogen-bond acceptors (Lipinski definition) is 6. The molecule has 1 amide bonds. The van der Waals surface area contributed by atoms with Crippen LogP contribution in [0.3, 0.4) is 0 Å². The van der Waals surface area contributed by atoms with Gasteiger partial charge in [-0.1, -0.05) is 12.1 Å². The quantitative estimate of drug-likeness (QED) is 0.644. The zero-order valence-electron chi connectivity index (χ0n) is 13.5. The first-order valence-electron chi connectivity index (χ1n) is 7.08. The first kappa shape index (κ1) is 17.3. The number of esters is 2. The molecule has 0 saturated heterocycles. The van der Waals surface area contributed by atoms with Gasteiger partial charge >= 0.3 is 11.9 Å². The van der Waals surface area contributed by atoms with Gasteiger partial charge in [-0.15, -0.1) is 0 Å². The Balaban J connectivity index is 2.19. The molecule has 1 N–H and O–H groups in total. The number of amides is 1. The Morgan fingerprint density at radius 1 is 1.12 bits per heavy atom. The smallest absolute Gasteiger partial charge is 0.343 e. The third kappa shape index (κ3) is 3.81. The third-order valence-corrected chi connectivity index (χ3v) is 3.35. The molecule has 1 aliphatic rings. The van der Waals surface area contributed by atoms with Crippen molar-refractivity contribution < 1.29 is 28.6 Å². The van der Waals surface area contributed by atoms with E-state index in [0.29, 0.717) is 17.0 Å². The lowest BCUT2D eigenvalue weighted by Crippen LogP contribution is -2.15. The van der Waals surface area contributed by atoms with Crippen molar-refractivity contribution in [2.24, 2.45) is 0 Å². The molecule has 1 aromatic rings. The van der Waals surface area contributed by atoms with Gasteiger partial charge in [0.05, 0.1) is 25.4 Å². The van der Waals surface area contributed by atoms with Crippen LogP contribution in [0.2, 0.25) is 0 Å². The van der Waals surface area contributed by atoms with Gasteiger partial charge in [0, 0.05) is 5.70 Å². The average molecular weight is 331 g/mol. The van der Waals surface area contributed by atoms with E-state index in [1.54, 1.807) is 37.3 Å². The number of methoxy groups -OCH3 is 2. The van der Waals surface area contributed by atoms with E-state index in [2.05, 4.69) is 10.1 Å². The molecular weight excluding hydrogens is 314 g/mol. The molecule has 1 heterocycles. The van der Waals surface area contributed by atoms with Gasteiger partial charge < -0.3 is 19.5 Å². The van der Waals surface area contributed by atoms with Gasteiger partial charge in [0.2, 0.25) is 0 Å². The zero-order valence-corrected chi connectivity index (χ0v) is 13.5. The largest absolute Gasteiger partial charge is 0.482 e. The van der Waals surface area contributed by atoms with Crippen LogP contribution in [0.5, 0.6) is 5.75 Å². The van der Waals surface area contributed by atoms with Gasteiger partial charge in [-0.25, -0.2) is 9.59 Å². The van der Waals surface area contributed by atoms with Gasteiger partial charge in [-0.05, 0) is 30.7 Å². The summed E-state index contributed by atoms with van der Waals surface area (Å²) in [6.45, 7) is 1.45. The summed E-state index contributed by atoms with van der Waals surface area (Å²) >= 11 is 0. The minimum atomic E-state index is -0.574. The highest BCUT2D eigenvalue weighted by atomic mass is 16.6. The molecule has 7 nitrogen and oxygen atoms in total. The highest BCUT2D eigenvalue weighted by Gasteiger charge is 2.30. The van der Waals surface area contributed by atoms with E-state index < -0.39 is 11.9 Å². The van der Waals surface area contributed by atoms with Crippen LogP contribution in [0.1, 0.15) is 12.5 Å². The summed E-state index contributed by atoms with van der Waals surface area (Å²) in [5.74, 6) is -0.931. The van der Waals surface area contributed by atoms with Crippen LogP contribution in [-0.4, -0.2) is 38.7 Å². The number of rotatable bonds is 5. The predicted molar refractivity (Wildman–Crippen MR) is 84.8 cm³/mol. The fourth-order valence-corrected chi connectivity index (χ4v) is 2.15. The van der Waals surface area contributed by atoms with E-state index in [-0.39, 0.29) is 23.7 Å². The highest BCUT2D eigenvalue weighted by molar-refractivity contribution is 6.16. The van der Waals surface area contributed by atoms with Crippen LogP contribution in [0.15, 0.2) is 41.1 Å². The van der Waals surface area contributed by atoms with E-state index in [0.717, 1.165) is 0 Å². The molecule has 0 radical (unpaired) electrons. The molecule has 0 saturated carbocycles. The second-order valence-corrected chi connectivity index (χ2v) is 4.94. The van der Waals surface area contributed by atoms with Crippen molar-refractivity contribution in [3.05, 3.63) is 46.7 Å². The summed E-state index contributed by atoms with van der Waals surface area (Å²) in [6.07, 6.45) is 1.59. The molecule has 126 valence electrons. The molecule has 7 heteroatoms. The van der Waals surface area contributed by atoms with E-state index in [9.17, 15) is 14.4 Å². The lowest BCUT2D eigenvalue weighted by Gasteiger charge is -2.05. The lowest BCUT2D eigenvalue weighted by molar-refractivity contribution is -0.143. The maximum Gasteiger partial charge on any atom is 0.343 e. The van der Waals surface area contributed by atoms with Crippen LogP contribution >= 0.6 is 0 Å². The summed E-state index contributed by atoms with van der Waals surface area (Å²) in [7, 11) is 2.54. The maximum absolute atomic E-state index is 12.0. The number of nitrogens with one attached hydrogen (secondary N) is 1. The molecule has 0 aliphatic carbocycles. The number of allylic oxidation sites excluding steroid dienone is 1. The predicted octanol–water partition coefficient (Wildman–Crippen LogP) is 1.20. The normalized spacial score (nSPS) is 15.3. The Bertz CT molecular complexity index is 730. The van der Waals surface area contributed by atoms with E-state index in [4.69, 9.17) is 9.47 Å². The Morgan fingerprint density at radius 3 is 2.38 bits per heavy atom. The van der Waals surface area contributed by atoms with Gasteiger partial charge in [-0.2, -0.15) is 0 Å². The fraction of sp³-hybridized carbons (Fsp3) is 0.235. The van der Waals surface area contributed by atoms with Crippen molar-refractivity contribution in [1.29, 1.82) is 0 Å². The number of carbonyl (C=O) groups excluding carboxylic acids is 3. The standard InChI is InChI=1S/C17H17NO6/c1-10-15(17(21)23-3)13(16(20)18-10)8-11-4-6-12(7-5-11)24-9-14(19)22-2/h4-8H,9H2,1-3H3,(H,18,20)/b13-8-. The molecular formula is C17H17NO6. The molecule has 0 bridgehead atoms. The van der Waals surface area contributed by atoms with Gasteiger partial charge in [-0.3, -0.25) is 4.79 Å². The van der Waals surface area contributed by atoms with Crippen LogP contribution in [0, 0.1) is 0 Å². The SMILES string of the molecule is COC(=O)COc1ccc(/C=C2\C(=O)NC(C)=C2C(=O)OC)cc1. The van der Waals surface area contributed by atoms with Crippen LogP contribution in [0.25, 0.3) is 6.08 Å². The molecule has 0 fully saturated rings. The van der Waals surface area contributed by atoms with Gasteiger partial charge in [0.1, 0.15) is 5.75 Å². The van der Waals surface area contributed by atoms with Crippen molar-refractivity contribution in [2.75, 3.05) is 20.8 Å². The lowest BCUT2D eigenvalue weighted by atomic mass is 10.0. The summed E-state index contributed by atoms with van der Waals surface area (Å²) in [4.78, 5) is 34.8. The average Bonchev–Trinajstić information content (AvgIpc) is 2.86. The summed E-state index contributed by atoms with van der Waals surface area (Å²) in [5.41, 5.74) is 1.61. The topological polar surface area (TPSA) is 90.9 Å². The van der Waals surface area contributed by atoms with Crippen molar-refractivity contribution in [1.82, 2.24) is 5.32 Å². The summed E-state index contributed by atoms with van der Waals surface area (Å²) in [6, 6.07) is 6.71. The van der Waals surface area contributed by atoms with Crippen molar-refractivity contribution in [3.8, 4) is 5.75 Å². The number of carbonyl (C=O) groups is 3. The number of ether oxygens (including phenoxy) is 3. The van der Waals surface area contributed by atoms with Gasteiger partial charge in [0.15, 0.2) is 6.61 Å². The van der Waals surface area contributed by atoms with Crippen molar-refractivity contribution >= 4 is 23.9 Å². The maximum atomic E-state index is 12.0. The molecule has 1 aliphatic heterocycles. The molecule has 0 atom stereocenters. The monoisotopic (exact) mass is 331 g/mol. The number of benzene rings is 1. The second-order valence-electron chi connectivity index (χ2n) is 4.94. The van der Waals surface area contributed by atoms with E-state index >= 15 is 0 Å². The summed E-state index contributed by atoms with van der Waals surface area (Å²) in [5, 5.41) is 2.60. The van der Waals surface area contributed by atoms with Crippen LogP contribution in [0.4, 0.5) is 0 Å². The highest BCUT2D eigenvalue weighted by Crippen LogP contribution is 2.25. The first-order valence-corrected chi connectivity index (χ1v) is 7.08. The van der Waals surface area contributed by atoms with Crippen molar-refractivity contribution in [2.45, 2.75) is 6.92 Å². The molecule has 1 aromatic carbocycles. The van der Waals surface area contributed by atoms with E-state index in [1.165, 1.54) is 14.2 Å². The molecule has 0 spiro atoms. The Hall–Kier alpha value is -3.09. The fourth-order valence-electron chi connectivity index (χ4n) is 2.15. The van der Waals surface area contributed by atoms with Crippen LogP contribution < -0.4 is 10.1 Å². The Morgan fingerprint density at radius 2 is 1.79 bits per heavy atom. The molecule has 0 unspecified atom stereocenters. The second kappa shape index (κ2) is 7.45. The van der Waals surface area contributed by atoms with Crippen molar-refractivity contribution in [3.63, 3.8) is 0 Å². The minimum absolute atomic E-state index is 0.187. The Kier molecular flexibility index (Phi) is 5.36. The molecule has 0 aromatic heterocycles.